The summed E-state index contributed by atoms with van der Waals surface area (Å²) in [6.07, 6.45) is 9.47. The monoisotopic (exact) mass is 612 g/mol. The van der Waals surface area contributed by atoms with E-state index in [1.54, 1.807) is 11.1 Å². The molecule has 4 aromatic carbocycles. The maximum atomic E-state index is 2.65. The van der Waals surface area contributed by atoms with Crippen LogP contribution in [0.25, 0.3) is 33.4 Å². The summed E-state index contributed by atoms with van der Waals surface area (Å²) in [5.74, 6) is 0. The van der Waals surface area contributed by atoms with Crippen LogP contribution in [0.2, 0.25) is 3.63 Å². The SMILES string of the molecule is C[CH]=[Zr]([CH]1C=CC=C1)[CH]1c2cc(-c3ccccc3)c(C(C)(C)C)cc2-c2cc(C(C)(C)C)c(-c3ccccc3)cc21. The van der Waals surface area contributed by atoms with Gasteiger partial charge in [-0.1, -0.05) is 0 Å². The quantitative estimate of drug-likeness (QED) is 0.215. The van der Waals surface area contributed by atoms with Crippen molar-refractivity contribution in [1.29, 1.82) is 0 Å². The Labute approximate surface area is 255 Å². The molecule has 0 spiro atoms. The summed E-state index contributed by atoms with van der Waals surface area (Å²) in [6.45, 7) is 16.5. The Morgan fingerprint density at radius 2 is 0.976 bits per heavy atom. The molecule has 0 bridgehead atoms. The summed E-state index contributed by atoms with van der Waals surface area (Å²) < 4.78 is 3.73. The van der Waals surface area contributed by atoms with Gasteiger partial charge in [-0.05, 0) is 0 Å². The summed E-state index contributed by atoms with van der Waals surface area (Å²) in [4.78, 5) is 0. The molecule has 1 heteroatoms. The average Bonchev–Trinajstić information content (AvgIpc) is 3.59. The number of rotatable bonds is 4. The Morgan fingerprint density at radius 1 is 0.561 bits per heavy atom. The van der Waals surface area contributed by atoms with Crippen LogP contribution in [0.5, 0.6) is 0 Å². The van der Waals surface area contributed by atoms with Crippen molar-refractivity contribution in [3.8, 4) is 33.4 Å². The first-order valence-corrected chi connectivity index (χ1v) is 19.3. The van der Waals surface area contributed by atoms with Gasteiger partial charge in [-0.15, -0.1) is 0 Å². The molecule has 0 saturated heterocycles. The van der Waals surface area contributed by atoms with Gasteiger partial charge in [-0.25, -0.2) is 0 Å². The van der Waals surface area contributed by atoms with E-state index in [2.05, 4.69) is 161 Å². The third-order valence-electron chi connectivity index (χ3n) is 8.88. The van der Waals surface area contributed by atoms with Crippen molar-refractivity contribution < 1.29 is 21.3 Å². The Morgan fingerprint density at radius 3 is 1.34 bits per heavy atom. The first-order valence-electron chi connectivity index (χ1n) is 15.1. The number of hydrogen-bond acceptors (Lipinski definition) is 0. The van der Waals surface area contributed by atoms with Crippen molar-refractivity contribution in [2.75, 3.05) is 0 Å². The molecule has 6 rings (SSSR count). The normalized spacial score (nSPS) is 15.4. The third kappa shape index (κ3) is 5.17. The van der Waals surface area contributed by atoms with Gasteiger partial charge >= 0.3 is 256 Å². The molecule has 0 radical (unpaired) electrons. The standard InChI is InChI=1S/C33H33.C5H5.C2H4.Zr/c1-32(2,3)30-20-26-24(18-28(30)22-13-9-7-10-14-22)17-25-19-29(23-15-11-8-12-16-23)31(21-27(25)26)33(4,5)6;1-2-4-5-3-1;1-2;/h7-21H,1-6H3;1-5H;1H,2H3;. The fourth-order valence-corrected chi connectivity index (χ4v) is 14.2. The van der Waals surface area contributed by atoms with E-state index in [0.717, 1.165) is 0 Å². The topological polar surface area (TPSA) is 0 Å². The maximum absolute atomic E-state index is 2.65. The van der Waals surface area contributed by atoms with Crippen LogP contribution in [-0.4, -0.2) is 3.71 Å². The van der Waals surface area contributed by atoms with Crippen LogP contribution in [-0.2, 0) is 32.1 Å². The van der Waals surface area contributed by atoms with E-state index < -0.39 is 21.3 Å². The molecular formula is C40H42Zr. The van der Waals surface area contributed by atoms with Gasteiger partial charge < -0.3 is 0 Å². The van der Waals surface area contributed by atoms with Crippen LogP contribution in [0.15, 0.2) is 109 Å². The third-order valence-corrected chi connectivity index (χ3v) is 16.5. The Kier molecular flexibility index (Phi) is 7.40. The fraction of sp³-hybridized carbons (Fsp3) is 0.275. The van der Waals surface area contributed by atoms with E-state index in [-0.39, 0.29) is 10.8 Å². The van der Waals surface area contributed by atoms with E-state index in [4.69, 9.17) is 0 Å². The van der Waals surface area contributed by atoms with Gasteiger partial charge in [0, 0.05) is 0 Å². The van der Waals surface area contributed by atoms with Gasteiger partial charge in [-0.3, -0.25) is 0 Å². The molecular weight excluding hydrogens is 572 g/mol. The van der Waals surface area contributed by atoms with Crippen LogP contribution in [0.1, 0.15) is 74.3 Å². The summed E-state index contributed by atoms with van der Waals surface area (Å²) in [5, 5.41) is 0. The number of allylic oxidation sites excluding steroid dienone is 4. The predicted octanol–water partition coefficient (Wildman–Crippen LogP) is 11.0. The molecule has 4 aromatic rings. The Hall–Kier alpha value is -2.89. The molecule has 2 aliphatic rings. The Bertz CT molecular complexity index is 1570. The molecule has 2 aliphatic carbocycles. The molecule has 0 nitrogen and oxygen atoms in total. The van der Waals surface area contributed by atoms with Gasteiger partial charge in [0.15, 0.2) is 0 Å². The molecule has 41 heavy (non-hydrogen) atoms. The van der Waals surface area contributed by atoms with E-state index in [1.807, 2.05) is 0 Å². The molecule has 0 N–H and O–H groups in total. The van der Waals surface area contributed by atoms with Crippen molar-refractivity contribution in [2.45, 2.75) is 66.5 Å². The van der Waals surface area contributed by atoms with E-state index in [0.29, 0.717) is 7.25 Å². The van der Waals surface area contributed by atoms with Crippen LogP contribution in [0, 0.1) is 0 Å². The molecule has 0 atom stereocenters. The molecule has 0 aliphatic heterocycles. The van der Waals surface area contributed by atoms with Crippen molar-refractivity contribution in [3.63, 3.8) is 0 Å². The molecule has 0 saturated carbocycles. The van der Waals surface area contributed by atoms with Gasteiger partial charge in [-0.2, -0.15) is 0 Å². The van der Waals surface area contributed by atoms with Crippen molar-refractivity contribution in [1.82, 2.24) is 0 Å². The van der Waals surface area contributed by atoms with E-state index in [1.165, 1.54) is 44.5 Å². The van der Waals surface area contributed by atoms with Crippen LogP contribution < -0.4 is 0 Å². The van der Waals surface area contributed by atoms with Crippen LogP contribution in [0.4, 0.5) is 0 Å². The molecule has 0 amide bonds. The first-order chi connectivity index (χ1) is 19.6. The van der Waals surface area contributed by atoms with Crippen molar-refractivity contribution in [2.24, 2.45) is 0 Å². The minimum atomic E-state index is -2.19. The van der Waals surface area contributed by atoms with Gasteiger partial charge in [0.25, 0.3) is 0 Å². The molecule has 206 valence electrons. The number of hydrogen-bond donors (Lipinski definition) is 0. The zero-order chi connectivity index (χ0) is 28.9. The second kappa shape index (κ2) is 10.7. The van der Waals surface area contributed by atoms with Crippen molar-refractivity contribution >= 4 is 3.71 Å². The zero-order valence-corrected chi connectivity index (χ0v) is 28.1. The summed E-state index contributed by atoms with van der Waals surface area (Å²) in [7, 11) is 0. The van der Waals surface area contributed by atoms with Crippen LogP contribution in [0.3, 0.4) is 0 Å². The fourth-order valence-electron chi connectivity index (χ4n) is 6.86. The van der Waals surface area contributed by atoms with E-state index >= 15 is 0 Å². The number of benzene rings is 4. The Balaban J connectivity index is 1.70. The predicted molar refractivity (Wildman–Crippen MR) is 176 cm³/mol. The zero-order valence-electron chi connectivity index (χ0n) is 25.6. The average molecular weight is 614 g/mol. The van der Waals surface area contributed by atoms with Gasteiger partial charge in [0.05, 0.1) is 0 Å². The summed E-state index contributed by atoms with van der Waals surface area (Å²) in [6, 6.07) is 32.4. The molecule has 0 heterocycles. The van der Waals surface area contributed by atoms with Gasteiger partial charge in [0.2, 0.25) is 0 Å². The molecule has 0 aromatic heterocycles. The second-order valence-electron chi connectivity index (χ2n) is 13.7. The molecule has 0 unspecified atom stereocenters. The van der Waals surface area contributed by atoms with Crippen LogP contribution >= 0.6 is 0 Å². The first kappa shape index (κ1) is 28.2. The minimum absolute atomic E-state index is 0.0324. The van der Waals surface area contributed by atoms with Crippen molar-refractivity contribution in [3.05, 3.63) is 131 Å². The summed E-state index contributed by atoms with van der Waals surface area (Å²) >= 11 is -2.19. The van der Waals surface area contributed by atoms with Gasteiger partial charge in [0.1, 0.15) is 0 Å². The summed E-state index contributed by atoms with van der Waals surface area (Å²) in [5.41, 5.74) is 14.4. The second-order valence-corrected chi connectivity index (χ2v) is 20.7. The number of fused-ring (bicyclic) bond motifs is 3. The molecule has 0 fully saturated rings. The van der Waals surface area contributed by atoms with E-state index in [9.17, 15) is 0 Å².